The molecule has 1 aliphatic carbocycles. The molecule has 1 heterocycles. The molecule has 2 aromatic rings. The number of ketones is 1. The Bertz CT molecular complexity index is 1140. The summed E-state index contributed by atoms with van der Waals surface area (Å²) in [6.45, 7) is 1.82. The number of carbonyl (C=O) groups is 3. The summed E-state index contributed by atoms with van der Waals surface area (Å²) in [6, 6.07) is 13.4. The van der Waals surface area contributed by atoms with Crippen molar-refractivity contribution in [3.63, 3.8) is 0 Å². The summed E-state index contributed by atoms with van der Waals surface area (Å²) in [5.41, 5.74) is -4.45. The zero-order valence-electron chi connectivity index (χ0n) is 17.2. The number of ether oxygens (including phenoxy) is 2. The third-order valence-corrected chi connectivity index (χ3v) is 5.87. The van der Waals surface area contributed by atoms with Crippen molar-refractivity contribution in [3.05, 3.63) is 82.1 Å². The van der Waals surface area contributed by atoms with E-state index in [0.29, 0.717) is 5.56 Å². The second-order valence-electron chi connectivity index (χ2n) is 7.54. The van der Waals surface area contributed by atoms with Crippen LogP contribution in [0.3, 0.4) is 0 Å². The zero-order valence-corrected chi connectivity index (χ0v) is 17.2. The van der Waals surface area contributed by atoms with E-state index < -0.39 is 40.3 Å². The highest BCUT2D eigenvalue weighted by Crippen LogP contribution is 2.57. The molecule has 0 saturated heterocycles. The van der Waals surface area contributed by atoms with Crippen LogP contribution in [0.15, 0.2) is 59.8 Å². The van der Waals surface area contributed by atoms with Gasteiger partial charge in [-0.15, -0.1) is 0 Å². The van der Waals surface area contributed by atoms with Crippen LogP contribution in [0.5, 0.6) is 0 Å². The predicted octanol–water partition coefficient (Wildman–Crippen LogP) is 1.18. The van der Waals surface area contributed by atoms with Gasteiger partial charge in [0.15, 0.2) is 0 Å². The molecular weight excluding hydrogens is 402 g/mol. The molecule has 2 aromatic carbocycles. The van der Waals surface area contributed by atoms with E-state index in [1.165, 1.54) is 12.1 Å². The second-order valence-corrected chi connectivity index (χ2v) is 7.54. The summed E-state index contributed by atoms with van der Waals surface area (Å²) < 4.78 is 9.63. The largest absolute Gasteiger partial charge is 0.466 e. The molecule has 2 N–H and O–H groups in total. The first kappa shape index (κ1) is 20.8. The van der Waals surface area contributed by atoms with E-state index >= 15 is 0 Å². The maximum atomic E-state index is 13.3. The third-order valence-electron chi connectivity index (χ3n) is 5.87. The van der Waals surface area contributed by atoms with Crippen molar-refractivity contribution < 1.29 is 34.1 Å². The molecule has 2 aliphatic rings. The zero-order chi connectivity index (χ0) is 22.6. The molecule has 0 saturated carbocycles. The molecule has 0 bridgehead atoms. The summed E-state index contributed by atoms with van der Waals surface area (Å²) in [4.78, 5) is 39.9. The highest BCUT2D eigenvalue weighted by Gasteiger charge is 2.74. The lowest BCUT2D eigenvalue weighted by atomic mass is 9.85. The lowest BCUT2D eigenvalue weighted by molar-refractivity contribution is -0.180. The fourth-order valence-electron chi connectivity index (χ4n) is 4.35. The molecule has 0 amide bonds. The molecule has 0 radical (unpaired) electrons. The predicted molar refractivity (Wildman–Crippen MR) is 107 cm³/mol. The third kappa shape index (κ3) is 2.58. The maximum Gasteiger partial charge on any atom is 0.355 e. The molecule has 160 valence electrons. The Morgan fingerprint density at radius 2 is 1.58 bits per heavy atom. The van der Waals surface area contributed by atoms with E-state index in [2.05, 4.69) is 0 Å². The lowest BCUT2D eigenvalue weighted by Gasteiger charge is -2.39. The normalized spacial score (nSPS) is 24.2. The summed E-state index contributed by atoms with van der Waals surface area (Å²) in [5, 5.41) is 23.6. The van der Waals surface area contributed by atoms with Gasteiger partial charge in [0, 0.05) is 17.7 Å². The molecule has 0 fully saturated rings. The highest BCUT2D eigenvalue weighted by atomic mass is 16.5. The molecule has 8 nitrogen and oxygen atoms in total. The number of fused-ring (bicyclic) bond motifs is 3. The molecule has 8 heteroatoms. The van der Waals surface area contributed by atoms with Crippen molar-refractivity contribution in [1.82, 2.24) is 4.90 Å². The van der Waals surface area contributed by atoms with Crippen molar-refractivity contribution in [2.45, 2.75) is 24.8 Å². The van der Waals surface area contributed by atoms with Crippen LogP contribution in [0.1, 0.15) is 27.0 Å². The summed E-state index contributed by atoms with van der Waals surface area (Å²) in [5.74, 6) is -3.01. The molecule has 2 atom stereocenters. The lowest BCUT2D eigenvalue weighted by Crippen LogP contribution is -2.57. The van der Waals surface area contributed by atoms with Gasteiger partial charge in [-0.1, -0.05) is 54.1 Å². The van der Waals surface area contributed by atoms with Gasteiger partial charge in [-0.3, -0.25) is 4.79 Å². The van der Waals surface area contributed by atoms with E-state index in [0.717, 1.165) is 24.7 Å². The Morgan fingerprint density at radius 1 is 0.968 bits per heavy atom. The number of hydrogen-bond donors (Lipinski definition) is 2. The Balaban J connectivity index is 2.02. The van der Waals surface area contributed by atoms with E-state index in [4.69, 9.17) is 9.47 Å². The number of methoxy groups -OCH3 is 2. The molecule has 1 aliphatic heterocycles. The average Bonchev–Trinajstić information content (AvgIpc) is 3.09. The van der Waals surface area contributed by atoms with Crippen LogP contribution in [0.4, 0.5) is 0 Å². The topological polar surface area (TPSA) is 113 Å². The minimum absolute atomic E-state index is 0.0479. The van der Waals surface area contributed by atoms with Crippen LogP contribution in [-0.2, 0) is 31.3 Å². The highest BCUT2D eigenvalue weighted by molar-refractivity contribution is 6.18. The van der Waals surface area contributed by atoms with Gasteiger partial charge in [-0.05, 0) is 12.5 Å². The summed E-state index contributed by atoms with van der Waals surface area (Å²) in [6.07, 6.45) is 0. The quantitative estimate of drug-likeness (QED) is 0.705. The number of rotatable bonds is 4. The van der Waals surface area contributed by atoms with Crippen LogP contribution in [0, 0.1) is 6.92 Å². The molecule has 0 aromatic heterocycles. The van der Waals surface area contributed by atoms with Crippen molar-refractivity contribution in [2.75, 3.05) is 14.2 Å². The van der Waals surface area contributed by atoms with Crippen molar-refractivity contribution in [3.8, 4) is 0 Å². The molecule has 4 rings (SSSR count). The van der Waals surface area contributed by atoms with Gasteiger partial charge in [-0.2, -0.15) is 0 Å². The number of aliphatic hydroxyl groups is 2. The number of carbonyl (C=O) groups excluding carboxylic acids is 3. The second kappa shape index (κ2) is 7.04. The number of hydrogen-bond acceptors (Lipinski definition) is 8. The van der Waals surface area contributed by atoms with E-state index in [1.807, 2.05) is 19.1 Å². The van der Waals surface area contributed by atoms with Crippen LogP contribution in [0.25, 0.3) is 0 Å². The van der Waals surface area contributed by atoms with Gasteiger partial charge in [0.25, 0.3) is 0 Å². The van der Waals surface area contributed by atoms with Gasteiger partial charge in [0.1, 0.15) is 11.3 Å². The van der Waals surface area contributed by atoms with Gasteiger partial charge in [0.05, 0.1) is 14.2 Å². The van der Waals surface area contributed by atoms with E-state index in [1.54, 1.807) is 24.3 Å². The molecule has 31 heavy (non-hydrogen) atoms. The minimum Gasteiger partial charge on any atom is -0.466 e. The van der Waals surface area contributed by atoms with Crippen molar-refractivity contribution >= 4 is 17.7 Å². The molecular formula is C23H21NO7. The molecule has 0 unspecified atom stereocenters. The fraction of sp³-hybridized carbons (Fsp3) is 0.261. The van der Waals surface area contributed by atoms with Gasteiger partial charge >= 0.3 is 11.9 Å². The smallest absolute Gasteiger partial charge is 0.355 e. The molecule has 0 spiro atoms. The van der Waals surface area contributed by atoms with Crippen LogP contribution in [0.2, 0.25) is 0 Å². The van der Waals surface area contributed by atoms with Crippen LogP contribution in [-0.4, -0.2) is 52.7 Å². The maximum absolute atomic E-state index is 13.3. The number of aryl methyl sites for hydroxylation is 1. The number of benzene rings is 2. The fourth-order valence-corrected chi connectivity index (χ4v) is 4.35. The first-order valence-electron chi connectivity index (χ1n) is 9.55. The van der Waals surface area contributed by atoms with Gasteiger partial charge < -0.3 is 24.6 Å². The number of esters is 2. The monoisotopic (exact) mass is 423 g/mol. The SMILES string of the molecule is COC(=O)C1=C(C(=O)OC)[C@]2(O)C(=O)c3ccccc3[C@]2(O)N1Cc1ccc(C)cc1. The minimum atomic E-state index is -2.75. The Hall–Kier alpha value is -3.49. The summed E-state index contributed by atoms with van der Waals surface area (Å²) >= 11 is 0. The first-order valence-corrected chi connectivity index (χ1v) is 9.55. The van der Waals surface area contributed by atoms with Gasteiger partial charge in [-0.25, -0.2) is 9.59 Å². The Kier molecular flexibility index (Phi) is 4.72. The Morgan fingerprint density at radius 3 is 2.19 bits per heavy atom. The van der Waals surface area contributed by atoms with E-state index in [-0.39, 0.29) is 17.7 Å². The van der Waals surface area contributed by atoms with Crippen LogP contribution >= 0.6 is 0 Å². The van der Waals surface area contributed by atoms with Crippen molar-refractivity contribution in [2.24, 2.45) is 0 Å². The van der Waals surface area contributed by atoms with E-state index in [9.17, 15) is 24.6 Å². The Labute approximate surface area is 178 Å². The standard InChI is InChI=1S/C23H21NO7/c1-13-8-10-14(11-9-13)12-24-18(21(27)31-3)17(20(26)30-2)22(28)19(25)15-6-4-5-7-16(15)23(22,24)29/h4-11,28-29H,12H2,1-3H3/t22-,23+/m0/s1. The first-order chi connectivity index (χ1) is 14.7. The van der Waals surface area contributed by atoms with Gasteiger partial charge in [0.2, 0.25) is 17.1 Å². The van der Waals surface area contributed by atoms with Crippen molar-refractivity contribution in [1.29, 1.82) is 0 Å². The average molecular weight is 423 g/mol. The number of Topliss-reactive ketones (excluding diaryl/α,β-unsaturated/α-hetero) is 1. The number of nitrogens with zero attached hydrogens (tertiary/aromatic N) is 1. The summed E-state index contributed by atoms with van der Waals surface area (Å²) in [7, 11) is 2.16. The van der Waals surface area contributed by atoms with Crippen LogP contribution < -0.4 is 0 Å².